The molecule has 0 aliphatic heterocycles. The number of nitrogens with zero attached hydrogens (tertiary/aromatic N) is 2. The number of aryl methyl sites for hydroxylation is 2. The number of amides is 1. The zero-order valence-corrected chi connectivity index (χ0v) is 18.5. The highest BCUT2D eigenvalue weighted by molar-refractivity contribution is 9.10. The fourth-order valence-corrected chi connectivity index (χ4v) is 5.54. The van der Waals surface area contributed by atoms with E-state index < -0.39 is 6.04 Å². The van der Waals surface area contributed by atoms with E-state index in [1.165, 1.54) is 9.44 Å². The van der Waals surface area contributed by atoms with Gasteiger partial charge >= 0.3 is 0 Å². The summed E-state index contributed by atoms with van der Waals surface area (Å²) in [5.74, 6) is 0.980. The van der Waals surface area contributed by atoms with Crippen LogP contribution in [0.25, 0.3) is 10.2 Å². The average molecular weight is 460 g/mol. The number of fused-ring (bicyclic) bond motifs is 3. The van der Waals surface area contributed by atoms with Crippen molar-refractivity contribution in [1.82, 2.24) is 9.55 Å². The van der Waals surface area contributed by atoms with Crippen LogP contribution in [0, 0.1) is 12.8 Å². The van der Waals surface area contributed by atoms with Gasteiger partial charge in [0, 0.05) is 15.0 Å². The van der Waals surface area contributed by atoms with Crippen LogP contribution < -0.4 is 10.9 Å². The molecule has 3 aromatic rings. The SMILES string of the molecule is Cc1nc2sc3c(c2c(=O)n1C(C)C(=O)Nc1ccc(Br)cc1)CCC(C)C3. The molecule has 1 amide bonds. The standard InChI is InChI=1S/C21H22BrN3O2S/c1-11-4-9-16-17(10-11)28-20-18(16)21(27)25(13(3)23-20)12(2)19(26)24-15-7-5-14(22)6-8-15/h5-8,11-12H,4,9-10H2,1-3H3,(H,24,26). The van der Waals surface area contributed by atoms with Gasteiger partial charge in [-0.15, -0.1) is 11.3 Å². The zero-order valence-electron chi connectivity index (χ0n) is 16.1. The van der Waals surface area contributed by atoms with Crippen LogP contribution in [0.4, 0.5) is 5.69 Å². The third-order valence-corrected chi connectivity index (χ3v) is 7.09. The molecule has 1 N–H and O–H groups in total. The number of halogens is 1. The molecular formula is C21H22BrN3O2S. The molecule has 2 aromatic heterocycles. The normalized spacial score (nSPS) is 17.4. The molecule has 4 rings (SSSR count). The van der Waals surface area contributed by atoms with Crippen LogP contribution in [0.1, 0.15) is 42.6 Å². The van der Waals surface area contributed by atoms with E-state index in [0.717, 1.165) is 34.1 Å². The Kier molecular flexibility index (Phi) is 5.14. The number of nitrogens with one attached hydrogen (secondary N) is 1. The molecule has 5 nitrogen and oxygen atoms in total. The molecule has 7 heteroatoms. The molecule has 1 aliphatic rings. The molecule has 1 aromatic carbocycles. The maximum atomic E-state index is 13.4. The summed E-state index contributed by atoms with van der Waals surface area (Å²) < 4.78 is 2.47. The monoisotopic (exact) mass is 459 g/mol. The summed E-state index contributed by atoms with van der Waals surface area (Å²) >= 11 is 5.02. The highest BCUT2D eigenvalue weighted by atomic mass is 79.9. The summed E-state index contributed by atoms with van der Waals surface area (Å²) in [6.07, 6.45) is 3.01. The first-order valence-corrected chi connectivity index (χ1v) is 11.1. The maximum absolute atomic E-state index is 13.4. The lowest BCUT2D eigenvalue weighted by Gasteiger charge is -2.19. The van der Waals surface area contributed by atoms with E-state index in [9.17, 15) is 9.59 Å². The minimum absolute atomic E-state index is 0.104. The molecule has 0 spiro atoms. The van der Waals surface area contributed by atoms with Crippen LogP contribution in [-0.2, 0) is 17.6 Å². The molecule has 2 atom stereocenters. The highest BCUT2D eigenvalue weighted by Gasteiger charge is 2.26. The molecule has 0 saturated carbocycles. The van der Waals surface area contributed by atoms with Gasteiger partial charge in [-0.3, -0.25) is 14.2 Å². The second kappa shape index (κ2) is 7.44. The smallest absolute Gasteiger partial charge is 0.263 e. The number of thiophene rings is 1. The fraction of sp³-hybridized carbons (Fsp3) is 0.381. The number of aromatic nitrogens is 2. The fourth-order valence-electron chi connectivity index (χ4n) is 3.86. The largest absolute Gasteiger partial charge is 0.324 e. The lowest BCUT2D eigenvalue weighted by atomic mass is 9.89. The van der Waals surface area contributed by atoms with Crippen LogP contribution in [0.5, 0.6) is 0 Å². The van der Waals surface area contributed by atoms with E-state index in [2.05, 4.69) is 33.2 Å². The molecule has 0 saturated heterocycles. The summed E-state index contributed by atoms with van der Waals surface area (Å²) in [6.45, 7) is 5.79. The quantitative estimate of drug-likeness (QED) is 0.608. The molecular weight excluding hydrogens is 438 g/mol. The Hall–Kier alpha value is -1.99. The third-order valence-electron chi connectivity index (χ3n) is 5.42. The zero-order chi connectivity index (χ0) is 20.0. The Labute approximate surface area is 175 Å². The van der Waals surface area contributed by atoms with Crippen LogP contribution in [0.15, 0.2) is 33.5 Å². The molecule has 146 valence electrons. The van der Waals surface area contributed by atoms with Gasteiger partial charge in [0.15, 0.2) is 0 Å². The van der Waals surface area contributed by atoms with Crippen molar-refractivity contribution in [3.8, 4) is 0 Å². The van der Waals surface area contributed by atoms with Crippen LogP contribution in [0.3, 0.4) is 0 Å². The second-order valence-corrected chi connectivity index (χ2v) is 9.54. The Balaban J connectivity index is 1.72. The molecule has 28 heavy (non-hydrogen) atoms. The van der Waals surface area contributed by atoms with Crippen molar-refractivity contribution in [3.63, 3.8) is 0 Å². The average Bonchev–Trinajstić information content (AvgIpc) is 3.00. The van der Waals surface area contributed by atoms with Crippen molar-refractivity contribution < 1.29 is 4.79 Å². The number of rotatable bonds is 3. The van der Waals surface area contributed by atoms with Crippen molar-refractivity contribution in [1.29, 1.82) is 0 Å². The van der Waals surface area contributed by atoms with Crippen LogP contribution in [-0.4, -0.2) is 15.5 Å². The van der Waals surface area contributed by atoms with E-state index in [4.69, 9.17) is 0 Å². The van der Waals surface area contributed by atoms with Gasteiger partial charge in [-0.1, -0.05) is 22.9 Å². The molecule has 2 unspecified atom stereocenters. The van der Waals surface area contributed by atoms with Gasteiger partial charge in [0.25, 0.3) is 5.56 Å². The lowest BCUT2D eigenvalue weighted by molar-refractivity contribution is -0.118. The van der Waals surface area contributed by atoms with E-state index >= 15 is 0 Å². The van der Waals surface area contributed by atoms with Crippen molar-refractivity contribution in [2.75, 3.05) is 5.32 Å². The van der Waals surface area contributed by atoms with Gasteiger partial charge in [0.1, 0.15) is 16.7 Å². The number of carbonyl (C=O) groups excluding carboxylic acids is 1. The maximum Gasteiger partial charge on any atom is 0.263 e. The van der Waals surface area contributed by atoms with Crippen molar-refractivity contribution in [3.05, 3.63) is 55.4 Å². The van der Waals surface area contributed by atoms with Gasteiger partial charge in [-0.25, -0.2) is 4.98 Å². The summed E-state index contributed by atoms with van der Waals surface area (Å²) in [4.78, 5) is 32.9. The summed E-state index contributed by atoms with van der Waals surface area (Å²) in [5, 5.41) is 3.60. The van der Waals surface area contributed by atoms with Gasteiger partial charge in [0.2, 0.25) is 5.91 Å². The topological polar surface area (TPSA) is 64.0 Å². The van der Waals surface area contributed by atoms with Crippen molar-refractivity contribution in [2.45, 2.75) is 46.1 Å². The second-order valence-electron chi connectivity index (χ2n) is 7.54. The Morgan fingerprint density at radius 1 is 1.36 bits per heavy atom. The Morgan fingerprint density at radius 3 is 2.79 bits per heavy atom. The molecule has 0 bridgehead atoms. The summed E-state index contributed by atoms with van der Waals surface area (Å²) in [6, 6.07) is 6.73. The molecule has 1 aliphatic carbocycles. The molecule has 2 heterocycles. The van der Waals surface area contributed by atoms with Crippen molar-refractivity contribution >= 4 is 49.1 Å². The lowest BCUT2D eigenvalue weighted by Crippen LogP contribution is -2.34. The van der Waals surface area contributed by atoms with Crippen LogP contribution >= 0.6 is 27.3 Å². The summed E-state index contributed by atoms with van der Waals surface area (Å²) in [5.41, 5.74) is 1.74. The van der Waals surface area contributed by atoms with E-state index in [1.807, 2.05) is 24.3 Å². The Bertz CT molecular complexity index is 1120. The third kappa shape index (κ3) is 3.42. The first-order valence-electron chi connectivity index (χ1n) is 9.45. The highest BCUT2D eigenvalue weighted by Crippen LogP contribution is 2.36. The summed E-state index contributed by atoms with van der Waals surface area (Å²) in [7, 11) is 0. The molecule has 0 radical (unpaired) electrons. The first-order chi connectivity index (χ1) is 13.3. The number of benzene rings is 1. The van der Waals surface area contributed by atoms with Crippen LogP contribution in [0.2, 0.25) is 0 Å². The van der Waals surface area contributed by atoms with Gasteiger partial charge < -0.3 is 5.32 Å². The number of hydrogen-bond acceptors (Lipinski definition) is 4. The number of carbonyl (C=O) groups is 1. The number of hydrogen-bond donors (Lipinski definition) is 1. The minimum Gasteiger partial charge on any atom is -0.324 e. The van der Waals surface area contributed by atoms with E-state index in [0.29, 0.717) is 22.8 Å². The Morgan fingerprint density at radius 2 is 2.07 bits per heavy atom. The predicted octanol–water partition coefficient (Wildman–Crippen LogP) is 4.85. The first kappa shape index (κ1) is 19.3. The minimum atomic E-state index is -0.647. The van der Waals surface area contributed by atoms with Crippen molar-refractivity contribution in [2.24, 2.45) is 5.92 Å². The predicted molar refractivity (Wildman–Crippen MR) is 117 cm³/mol. The molecule has 0 fully saturated rings. The van der Waals surface area contributed by atoms with E-state index in [-0.39, 0.29) is 11.5 Å². The van der Waals surface area contributed by atoms with Gasteiger partial charge in [0.05, 0.1) is 5.39 Å². The van der Waals surface area contributed by atoms with E-state index in [1.54, 1.807) is 25.2 Å². The van der Waals surface area contributed by atoms with Gasteiger partial charge in [-0.2, -0.15) is 0 Å². The van der Waals surface area contributed by atoms with Gasteiger partial charge in [-0.05, 0) is 68.9 Å². The number of anilines is 1.